The second-order valence-electron chi connectivity index (χ2n) is 34.7. The third-order valence-electron chi connectivity index (χ3n) is 22.6. The third kappa shape index (κ3) is 44.2. The molecule has 26 atom stereocenters. The lowest BCUT2D eigenvalue weighted by molar-refractivity contribution is -0.487. The first-order valence-corrected chi connectivity index (χ1v) is 48.9. The highest BCUT2D eigenvalue weighted by Crippen LogP contribution is 2.57. The van der Waals surface area contributed by atoms with Crippen LogP contribution in [0.4, 0.5) is 0 Å². The Hall–Kier alpha value is -4.84. The van der Waals surface area contributed by atoms with E-state index in [-0.39, 0.29) is 0 Å². The molecule has 17 N–H and O–H groups in total. The molecule has 0 aromatic rings. The van der Waals surface area contributed by atoms with Crippen molar-refractivity contribution in [1.29, 1.82) is 0 Å². The zero-order valence-electron chi connectivity index (χ0n) is 78.1. The minimum Gasteiger partial charge on any atom is -0.756 e. The van der Waals surface area contributed by atoms with Crippen LogP contribution in [0.15, 0.2) is 128 Å². The van der Waals surface area contributed by atoms with Gasteiger partial charge >= 0.3 is 0 Å². The minimum atomic E-state index is -6.04. The van der Waals surface area contributed by atoms with Gasteiger partial charge in [0.25, 0.3) is 23.5 Å². The van der Waals surface area contributed by atoms with Crippen LogP contribution in [0.2, 0.25) is 0 Å². The Morgan fingerprint density at radius 2 is 0.736 bits per heavy atom. The molecule has 39 heteroatoms. The molecule has 4 heterocycles. The summed E-state index contributed by atoms with van der Waals surface area (Å²) in [6.45, 7) is 24.3. The van der Waals surface area contributed by atoms with Crippen molar-refractivity contribution >= 4 is 41.2 Å². The molecule has 4 fully saturated rings. The largest absolute Gasteiger partial charge is 0.756 e. The molecule has 0 radical (unpaired) electrons. The number of rotatable bonds is 57. The predicted molar refractivity (Wildman–Crippen MR) is 476 cm³/mol. The number of carbonyl (C=O) groups excluding carboxylic acids is 3. The standard InChI is InChI=1S/C90H153N4O32P3/c1-54(2)27-17-28-55(3)29-18-30-56(4)31-19-32-57(5)33-20-34-58(6)35-21-36-59(7)37-22-38-60(8)39-23-40-61(9)41-24-42-62(10)43-25-44-63(11)45-26-46-64(12)47-48-116-128(111,112)126-129(113,114)125-89-76(93-67(15)98)85(74(91)65(13)119-89)123-90-84(108)83(107)80(104)73(122-90)53-118-127(109,110)117-52-70(101)78(102)69(100)51-115-87-77(94-68(16)99)86(81(105)72(50-96)120-87)124-88-75(92-66(14)97)82(106)79(103)71(49-95)121-88/h27,29,31,33,35,37,39,41,43,45,47,65,69-90,95-96,100-108H,17-26,28,30,32,34,36,38,40,42,44,46,48-53,91H2,1-16H3,(H,92,97)(H,93,98)(H,94,99)(H,109,110)(H,111,112)(H,113,114)/p-2/b55-29+,56-31+,57-33-,58-35-,59-37-,60-39-,61-41-,62-43-,63-45-,64-47-/t65-,69+,70-,71-,72-,73-,74+,75-,76-,77-,78+,79+,80-,81+,82-,83+,84-,85+,86-,87-,88-,89+,90+/m1/s1. The maximum absolute atomic E-state index is 13.4. The number of ether oxygens (including phenoxy) is 7. The van der Waals surface area contributed by atoms with Gasteiger partial charge in [-0.25, -0.2) is 4.31 Å². The Bertz CT molecular complexity index is 3960. The summed E-state index contributed by atoms with van der Waals surface area (Å²) >= 11 is 0. The number of hydrogen-bond acceptors (Lipinski definition) is 32. The average Bonchev–Trinajstić information content (AvgIpc) is 0.778. The van der Waals surface area contributed by atoms with Crippen molar-refractivity contribution in [2.75, 3.05) is 39.6 Å². The summed E-state index contributed by atoms with van der Waals surface area (Å²) in [5.41, 5.74) is 18.7. The van der Waals surface area contributed by atoms with Gasteiger partial charge in [-0.15, -0.1) is 0 Å². The number of hydrogen-bond donors (Lipinski definition) is 15. The number of nitrogens with one attached hydrogen (secondary N) is 3. The van der Waals surface area contributed by atoms with E-state index in [1.165, 1.54) is 68.7 Å². The van der Waals surface area contributed by atoms with Crippen LogP contribution in [-0.2, 0) is 83.6 Å². The van der Waals surface area contributed by atoms with Gasteiger partial charge in [-0.05, 0) is 218 Å². The van der Waals surface area contributed by atoms with Crippen LogP contribution < -0.4 is 36.4 Å². The van der Waals surface area contributed by atoms with Gasteiger partial charge < -0.3 is 139 Å². The molecule has 740 valence electrons. The van der Waals surface area contributed by atoms with Crippen molar-refractivity contribution in [3.05, 3.63) is 128 Å². The fraction of sp³-hybridized carbons (Fsp3) is 0.722. The van der Waals surface area contributed by atoms with Gasteiger partial charge in [0.2, 0.25) is 17.7 Å². The van der Waals surface area contributed by atoms with Gasteiger partial charge in [0.05, 0.1) is 39.6 Å². The van der Waals surface area contributed by atoms with Gasteiger partial charge in [-0.3, -0.25) is 32.6 Å². The fourth-order valence-corrected chi connectivity index (χ4v) is 17.4. The summed E-state index contributed by atoms with van der Waals surface area (Å²) < 4.78 is 103. The zero-order valence-corrected chi connectivity index (χ0v) is 80.7. The molecule has 4 aliphatic heterocycles. The number of phosphoric acid groups is 3. The molecule has 4 rings (SSSR count). The van der Waals surface area contributed by atoms with Crippen LogP contribution in [0.25, 0.3) is 0 Å². The number of carbonyl (C=O) groups is 3. The number of amides is 3. The lowest BCUT2D eigenvalue weighted by Crippen LogP contribution is -2.80. The molecule has 0 spiro atoms. The second kappa shape index (κ2) is 59.2. The Morgan fingerprint density at radius 1 is 0.388 bits per heavy atom. The molecule has 0 aromatic heterocycles. The summed E-state index contributed by atoms with van der Waals surface area (Å²) in [6.07, 6.45) is 8.61. The zero-order chi connectivity index (χ0) is 96.6. The molecule has 129 heavy (non-hydrogen) atoms. The molecule has 0 saturated carbocycles. The monoisotopic (exact) mass is 1890 g/mol. The molecule has 0 aromatic carbocycles. The lowest BCUT2D eigenvalue weighted by atomic mass is 9.94. The predicted octanol–water partition coefficient (Wildman–Crippen LogP) is 6.77. The third-order valence-corrected chi connectivity index (χ3v) is 26.1. The van der Waals surface area contributed by atoms with Gasteiger partial charge in [0, 0.05) is 20.8 Å². The summed E-state index contributed by atoms with van der Waals surface area (Å²) in [6, 6.07) is -6.16. The number of aliphatic hydroxyl groups is 11. The van der Waals surface area contributed by atoms with Gasteiger partial charge in [-0.2, -0.15) is 0 Å². The van der Waals surface area contributed by atoms with E-state index in [0.29, 0.717) is 12.8 Å². The molecule has 36 nitrogen and oxygen atoms in total. The van der Waals surface area contributed by atoms with Crippen molar-refractivity contribution in [3.8, 4) is 0 Å². The molecular weight excluding hydrogens is 1740 g/mol. The normalized spacial score (nSPS) is 29.8. The van der Waals surface area contributed by atoms with Crippen molar-refractivity contribution in [1.82, 2.24) is 16.0 Å². The molecule has 0 aliphatic carbocycles. The smallest absolute Gasteiger partial charge is 0.276 e. The van der Waals surface area contributed by atoms with E-state index in [0.717, 1.165) is 142 Å². The molecular formula is C90H151N4O32P3-2. The topological polar surface area (TPSA) is 569 Å². The van der Waals surface area contributed by atoms with E-state index in [9.17, 15) is 98.9 Å². The van der Waals surface area contributed by atoms with Crippen LogP contribution in [-0.4, -0.2) is 254 Å². The van der Waals surface area contributed by atoms with Crippen molar-refractivity contribution in [3.63, 3.8) is 0 Å². The highest BCUT2D eigenvalue weighted by atomic mass is 31.3. The van der Waals surface area contributed by atoms with Crippen LogP contribution in [0, 0.1) is 0 Å². The summed E-state index contributed by atoms with van der Waals surface area (Å²) in [7, 11) is -17.4. The average molecular weight is 1890 g/mol. The van der Waals surface area contributed by atoms with Gasteiger partial charge in [-0.1, -0.05) is 128 Å². The van der Waals surface area contributed by atoms with Gasteiger partial charge in [0.1, 0.15) is 116 Å². The first kappa shape index (κ1) is 116. The number of quaternary nitrogens is 1. The Kier molecular flexibility index (Phi) is 53.5. The number of allylic oxidation sites excluding steroid dienone is 21. The highest BCUT2D eigenvalue weighted by molar-refractivity contribution is 7.59. The van der Waals surface area contributed by atoms with E-state index < -0.39 is 222 Å². The minimum absolute atomic E-state index is 0.519. The molecule has 4 saturated heterocycles. The Balaban J connectivity index is 1.19. The molecule has 4 aliphatic rings. The molecule has 3 amide bonds. The molecule has 0 bridgehead atoms. The first-order chi connectivity index (χ1) is 60.6. The first-order valence-electron chi connectivity index (χ1n) is 44.6. The summed E-state index contributed by atoms with van der Waals surface area (Å²) in [5.74, 6) is -2.43. The summed E-state index contributed by atoms with van der Waals surface area (Å²) in [4.78, 5) is 76.7. The fourth-order valence-electron chi connectivity index (χ4n) is 14.7. The molecule has 3 unspecified atom stereocenters. The maximum atomic E-state index is 13.4. The Morgan fingerprint density at radius 3 is 1.14 bits per heavy atom. The van der Waals surface area contributed by atoms with Crippen LogP contribution in [0.5, 0.6) is 0 Å². The van der Waals surface area contributed by atoms with Crippen molar-refractivity contribution < 1.29 is 160 Å². The van der Waals surface area contributed by atoms with Crippen LogP contribution >= 0.6 is 23.5 Å². The van der Waals surface area contributed by atoms with E-state index in [2.05, 4.69) is 156 Å². The SMILES string of the molecule is CC(=O)N[C@H]1[C@@H](O[C@H]2[C@@H](O)[C@@H](CO)O[C@@H](OC[C@H](O)[C@H](O)[C@H](O)COP(=O)([O-])OC[C@H]3O[C@@H](O[C@H]4[C@@H]([NH3+])[C@@H](C)O[C@@H](OP(=O)([O-])OP(=O)([O-])OC/C=C(/C)CC/C=C(/C)CC/C=C(/C)CC/C=C(/C)CC/C=C(/C)CC/C=C(/C)CC/C=C(/C)CC/C=C(/C)CC/C=C(\C)CC/C=C(\C)CCC=C(C)C)[C@@H]4NC(C)=O)[C@H](O)[C@@H](O)[C@@H]3O)[C@@H]2NC(C)=O)O[C@H](CO)[C@H](O)[C@@H]1O. The highest BCUT2D eigenvalue weighted by Gasteiger charge is 2.55. The van der Waals surface area contributed by atoms with Crippen molar-refractivity contribution in [2.45, 2.75) is 380 Å². The van der Waals surface area contributed by atoms with E-state index >= 15 is 0 Å². The quantitative estimate of drug-likeness (QED) is 0.0220. The van der Waals surface area contributed by atoms with Gasteiger partial charge in [0.15, 0.2) is 25.2 Å². The van der Waals surface area contributed by atoms with Crippen molar-refractivity contribution in [2.24, 2.45) is 0 Å². The lowest BCUT2D eigenvalue weighted by Gasteiger charge is -2.48. The number of phosphoric ester groups is 3. The van der Waals surface area contributed by atoms with Crippen LogP contribution in [0.3, 0.4) is 0 Å². The number of aliphatic hydroxyl groups excluding tert-OH is 11. The van der Waals surface area contributed by atoms with E-state index in [1.54, 1.807) is 6.92 Å². The van der Waals surface area contributed by atoms with Crippen LogP contribution in [0.1, 0.15) is 239 Å². The Labute approximate surface area is 761 Å². The second-order valence-corrected chi connectivity index (χ2v) is 39.1. The van der Waals surface area contributed by atoms with E-state index in [4.69, 9.17) is 51.3 Å². The summed E-state index contributed by atoms with van der Waals surface area (Å²) in [5, 5.41) is 125. The maximum Gasteiger partial charge on any atom is 0.276 e. The van der Waals surface area contributed by atoms with E-state index in [1.807, 2.05) is 6.92 Å².